The number of likely N-dealkylation sites (N-methyl/N-ethyl adjacent to an activating group) is 1. The maximum absolute atomic E-state index is 12.8. The molecule has 23 heavy (non-hydrogen) atoms. The third-order valence-corrected chi connectivity index (χ3v) is 6.10. The van der Waals surface area contributed by atoms with Crippen LogP contribution in [0.5, 0.6) is 0 Å². The van der Waals surface area contributed by atoms with Crippen LogP contribution in [0.2, 0.25) is 0 Å². The molecule has 0 saturated heterocycles. The first-order valence-corrected chi connectivity index (χ1v) is 9.65. The van der Waals surface area contributed by atoms with Crippen LogP contribution in [0.25, 0.3) is 0 Å². The molecule has 0 heterocycles. The van der Waals surface area contributed by atoms with E-state index in [2.05, 4.69) is 30.9 Å². The van der Waals surface area contributed by atoms with Gasteiger partial charge in [-0.2, -0.15) is 0 Å². The predicted molar refractivity (Wildman–Crippen MR) is 96.9 cm³/mol. The first-order valence-electron chi connectivity index (χ1n) is 8.84. The molecule has 0 atom stereocenters. The molecule has 0 N–H and O–H groups in total. The molecule has 1 fully saturated rings. The quantitative estimate of drug-likeness (QED) is 0.660. The van der Waals surface area contributed by atoms with Gasteiger partial charge in [0, 0.05) is 11.4 Å². The number of carbonyl (C=O) groups excluding carboxylic acids is 1. The van der Waals surface area contributed by atoms with E-state index in [1.165, 1.54) is 6.42 Å². The van der Waals surface area contributed by atoms with Crippen LogP contribution in [0.1, 0.15) is 46.0 Å². The smallest absolute Gasteiger partial charge is 0.322 e. The third-order valence-electron chi connectivity index (χ3n) is 4.62. The Balaban J connectivity index is 1.98. The van der Waals surface area contributed by atoms with Crippen molar-refractivity contribution in [3.8, 4) is 0 Å². The van der Waals surface area contributed by atoms with E-state index in [0.29, 0.717) is 6.61 Å². The Hall–Kier alpha value is -1.00. The van der Waals surface area contributed by atoms with Crippen molar-refractivity contribution in [3.63, 3.8) is 0 Å². The average molecular weight is 336 g/mol. The van der Waals surface area contributed by atoms with Crippen LogP contribution < -0.4 is 0 Å². The lowest BCUT2D eigenvalue weighted by molar-refractivity contribution is -0.148. The largest absolute Gasteiger partial charge is 0.463 e. The average Bonchev–Trinajstić information content (AvgIpc) is 2.60. The number of benzene rings is 1. The van der Waals surface area contributed by atoms with Gasteiger partial charge in [0.05, 0.1) is 0 Å². The van der Waals surface area contributed by atoms with Crippen molar-refractivity contribution in [1.29, 1.82) is 0 Å². The molecular formula is C19H29NO2S. The van der Waals surface area contributed by atoms with Crippen LogP contribution in [-0.4, -0.2) is 41.9 Å². The highest BCUT2D eigenvalue weighted by atomic mass is 32.2. The highest BCUT2D eigenvalue weighted by Crippen LogP contribution is 2.44. The van der Waals surface area contributed by atoms with E-state index in [-0.39, 0.29) is 10.7 Å². The third kappa shape index (κ3) is 5.25. The van der Waals surface area contributed by atoms with Gasteiger partial charge in [-0.25, -0.2) is 0 Å². The summed E-state index contributed by atoms with van der Waals surface area (Å²) in [5.41, 5.74) is 0. The Morgan fingerprint density at radius 3 is 2.39 bits per heavy atom. The Morgan fingerprint density at radius 2 is 1.78 bits per heavy atom. The van der Waals surface area contributed by atoms with Crippen LogP contribution in [0.4, 0.5) is 0 Å². The summed E-state index contributed by atoms with van der Waals surface area (Å²) in [5, 5.41) is 0. The molecule has 0 aliphatic heterocycles. The van der Waals surface area contributed by atoms with E-state index < -0.39 is 0 Å². The topological polar surface area (TPSA) is 29.5 Å². The van der Waals surface area contributed by atoms with Crippen molar-refractivity contribution in [1.82, 2.24) is 4.90 Å². The normalized spacial score (nSPS) is 17.2. The van der Waals surface area contributed by atoms with E-state index in [9.17, 15) is 4.79 Å². The second kappa shape index (κ2) is 9.33. The van der Waals surface area contributed by atoms with E-state index >= 15 is 0 Å². The van der Waals surface area contributed by atoms with Gasteiger partial charge in [0.2, 0.25) is 0 Å². The van der Waals surface area contributed by atoms with E-state index in [4.69, 9.17) is 4.74 Å². The molecule has 0 aromatic heterocycles. The van der Waals surface area contributed by atoms with Crippen LogP contribution >= 0.6 is 11.8 Å². The Labute approximate surface area is 144 Å². The summed E-state index contributed by atoms with van der Waals surface area (Å²) in [4.78, 5) is 16.3. The molecule has 1 saturated carbocycles. The summed E-state index contributed by atoms with van der Waals surface area (Å²) in [5.74, 6) is -0.0155. The second-order valence-corrected chi connectivity index (χ2v) is 7.59. The number of hydrogen-bond acceptors (Lipinski definition) is 4. The number of esters is 1. The minimum atomic E-state index is -0.386. The van der Waals surface area contributed by atoms with Crippen molar-refractivity contribution in [2.45, 2.75) is 55.6 Å². The van der Waals surface area contributed by atoms with Gasteiger partial charge in [0.15, 0.2) is 0 Å². The Morgan fingerprint density at radius 1 is 1.13 bits per heavy atom. The fourth-order valence-electron chi connectivity index (χ4n) is 3.12. The SMILES string of the molecule is CCN(CC)CCOC(=O)C1(Sc2ccccc2)CCCCC1. The van der Waals surface area contributed by atoms with Crippen LogP contribution in [0, 0.1) is 0 Å². The number of hydrogen-bond donors (Lipinski definition) is 0. The molecule has 3 nitrogen and oxygen atoms in total. The van der Waals surface area contributed by atoms with Gasteiger partial charge < -0.3 is 9.64 Å². The summed E-state index contributed by atoms with van der Waals surface area (Å²) in [6, 6.07) is 10.3. The molecule has 1 aromatic rings. The predicted octanol–water partition coefficient (Wildman–Crippen LogP) is 4.37. The Kier molecular flexibility index (Phi) is 7.44. The van der Waals surface area contributed by atoms with Crippen LogP contribution in [0.3, 0.4) is 0 Å². The minimum absolute atomic E-state index is 0.0155. The number of rotatable bonds is 8. The molecule has 0 radical (unpaired) electrons. The molecule has 0 bridgehead atoms. The fraction of sp³-hybridized carbons (Fsp3) is 0.632. The zero-order valence-corrected chi connectivity index (χ0v) is 15.2. The molecule has 0 spiro atoms. The molecule has 4 heteroatoms. The molecule has 1 aromatic carbocycles. The van der Waals surface area contributed by atoms with Gasteiger partial charge in [-0.05, 0) is 38.1 Å². The lowest BCUT2D eigenvalue weighted by Gasteiger charge is -2.34. The van der Waals surface area contributed by atoms with Gasteiger partial charge in [-0.1, -0.05) is 51.3 Å². The van der Waals surface area contributed by atoms with Gasteiger partial charge in [-0.15, -0.1) is 11.8 Å². The first-order chi connectivity index (χ1) is 11.2. The molecule has 1 aliphatic rings. The molecular weight excluding hydrogens is 306 g/mol. The van der Waals surface area contributed by atoms with E-state index in [0.717, 1.165) is 50.2 Å². The number of nitrogens with zero attached hydrogens (tertiary/aromatic N) is 1. The highest BCUT2D eigenvalue weighted by molar-refractivity contribution is 8.01. The van der Waals surface area contributed by atoms with Crippen molar-refractivity contribution in [2.24, 2.45) is 0 Å². The second-order valence-electron chi connectivity index (χ2n) is 6.13. The maximum atomic E-state index is 12.8. The molecule has 1 aliphatic carbocycles. The minimum Gasteiger partial charge on any atom is -0.463 e. The lowest BCUT2D eigenvalue weighted by Crippen LogP contribution is -2.40. The fourth-order valence-corrected chi connectivity index (χ4v) is 4.50. The summed E-state index contributed by atoms with van der Waals surface area (Å²) in [6.07, 6.45) is 5.31. The van der Waals surface area contributed by atoms with Crippen molar-refractivity contribution < 1.29 is 9.53 Å². The monoisotopic (exact) mass is 335 g/mol. The van der Waals surface area contributed by atoms with E-state index in [1.54, 1.807) is 11.8 Å². The standard InChI is InChI=1S/C19H29NO2S/c1-3-20(4-2)15-16-22-18(21)19(13-9-6-10-14-19)23-17-11-7-5-8-12-17/h5,7-8,11-12H,3-4,6,9-10,13-16H2,1-2H3. The van der Waals surface area contributed by atoms with Gasteiger partial charge in [-0.3, -0.25) is 4.79 Å². The number of carbonyl (C=O) groups is 1. The van der Waals surface area contributed by atoms with Gasteiger partial charge >= 0.3 is 5.97 Å². The summed E-state index contributed by atoms with van der Waals surface area (Å²) < 4.78 is 5.30. The van der Waals surface area contributed by atoms with Crippen molar-refractivity contribution in [3.05, 3.63) is 30.3 Å². The van der Waals surface area contributed by atoms with E-state index in [1.807, 2.05) is 18.2 Å². The van der Waals surface area contributed by atoms with Gasteiger partial charge in [0.1, 0.15) is 11.4 Å². The molecule has 0 amide bonds. The Bertz CT molecular complexity index is 468. The van der Waals surface area contributed by atoms with Crippen LogP contribution in [-0.2, 0) is 9.53 Å². The van der Waals surface area contributed by atoms with Gasteiger partial charge in [0.25, 0.3) is 0 Å². The van der Waals surface area contributed by atoms with Crippen molar-refractivity contribution in [2.75, 3.05) is 26.2 Å². The summed E-state index contributed by atoms with van der Waals surface area (Å²) in [6.45, 7) is 7.59. The number of thioether (sulfide) groups is 1. The zero-order valence-electron chi connectivity index (χ0n) is 14.4. The maximum Gasteiger partial charge on any atom is 0.322 e. The van der Waals surface area contributed by atoms with Crippen LogP contribution in [0.15, 0.2) is 35.2 Å². The molecule has 0 unspecified atom stereocenters. The first kappa shape index (κ1) is 18.3. The summed E-state index contributed by atoms with van der Waals surface area (Å²) in [7, 11) is 0. The number of ether oxygens (including phenoxy) is 1. The molecule has 128 valence electrons. The zero-order chi connectivity index (χ0) is 16.5. The van der Waals surface area contributed by atoms with Crippen molar-refractivity contribution >= 4 is 17.7 Å². The highest BCUT2D eigenvalue weighted by Gasteiger charge is 2.42. The lowest BCUT2D eigenvalue weighted by atomic mass is 9.88. The molecule has 2 rings (SSSR count). The summed E-state index contributed by atoms with van der Waals surface area (Å²) >= 11 is 1.70.